The first-order valence-electron chi connectivity index (χ1n) is 9.55. The topological polar surface area (TPSA) is 89.2 Å². The molecule has 7 heteroatoms. The first-order chi connectivity index (χ1) is 13.7. The Morgan fingerprint density at radius 3 is 2.34 bits per heavy atom. The van der Waals surface area contributed by atoms with Crippen molar-refractivity contribution in [3.63, 3.8) is 0 Å². The molecule has 152 valence electrons. The van der Waals surface area contributed by atoms with Gasteiger partial charge < -0.3 is 15.1 Å². The average molecular weight is 394 g/mol. The highest BCUT2D eigenvalue weighted by molar-refractivity contribution is 6.00. The van der Waals surface area contributed by atoms with Crippen LogP contribution < -0.4 is 10.6 Å². The highest BCUT2D eigenvalue weighted by Crippen LogP contribution is 2.20. The number of rotatable bonds is 6. The Labute approximate surface area is 170 Å². The number of carbonyl (C=O) groups excluding carboxylic acids is 2. The predicted molar refractivity (Wildman–Crippen MR) is 111 cm³/mol. The zero-order valence-electron chi connectivity index (χ0n) is 17.3. The summed E-state index contributed by atoms with van der Waals surface area (Å²) in [5.74, 6) is -0.143. The van der Waals surface area contributed by atoms with E-state index < -0.39 is 11.9 Å². The molecule has 2 aromatic heterocycles. The molecule has 29 heavy (non-hydrogen) atoms. The number of aryl methyl sites for hydroxylation is 3. The minimum absolute atomic E-state index is 0.118. The van der Waals surface area contributed by atoms with Gasteiger partial charge in [-0.2, -0.15) is 5.10 Å². The van der Waals surface area contributed by atoms with Crippen LogP contribution in [0.15, 0.2) is 47.1 Å². The molecule has 0 saturated heterocycles. The molecule has 1 aromatic carbocycles. The zero-order chi connectivity index (χ0) is 21.1. The molecule has 0 bridgehead atoms. The fourth-order valence-electron chi connectivity index (χ4n) is 3.22. The normalized spacial score (nSPS) is 12.1. The fraction of sp³-hybridized carbons (Fsp3) is 0.318. The lowest BCUT2D eigenvalue weighted by molar-refractivity contribution is -0.118. The molecule has 1 atom stereocenters. The van der Waals surface area contributed by atoms with Gasteiger partial charge in [0.1, 0.15) is 11.9 Å². The number of benzene rings is 1. The molecular weight excluding hydrogens is 368 g/mol. The largest absolute Gasteiger partial charge is 0.459 e. The molecule has 0 aliphatic carbocycles. The predicted octanol–water partition coefficient (Wildman–Crippen LogP) is 3.78. The van der Waals surface area contributed by atoms with Crippen LogP contribution in [0.5, 0.6) is 0 Å². The molecule has 0 radical (unpaired) electrons. The summed E-state index contributed by atoms with van der Waals surface area (Å²) in [6.45, 7) is 9.65. The Hall–Kier alpha value is -3.35. The van der Waals surface area contributed by atoms with Crippen LogP contribution in [-0.2, 0) is 4.79 Å². The van der Waals surface area contributed by atoms with E-state index in [-0.39, 0.29) is 17.6 Å². The molecule has 0 aliphatic rings. The minimum Gasteiger partial charge on any atom is -0.459 e. The highest BCUT2D eigenvalue weighted by atomic mass is 16.3. The van der Waals surface area contributed by atoms with Gasteiger partial charge >= 0.3 is 0 Å². The van der Waals surface area contributed by atoms with Crippen molar-refractivity contribution in [1.82, 2.24) is 15.1 Å². The van der Waals surface area contributed by atoms with Crippen molar-refractivity contribution < 1.29 is 14.0 Å². The number of carbonyl (C=O) groups is 2. The summed E-state index contributed by atoms with van der Waals surface area (Å²) in [7, 11) is 0. The molecule has 2 amide bonds. The van der Waals surface area contributed by atoms with Crippen molar-refractivity contribution in [3.05, 3.63) is 65.2 Å². The van der Waals surface area contributed by atoms with Crippen LogP contribution in [0.3, 0.4) is 0 Å². The summed E-state index contributed by atoms with van der Waals surface area (Å²) in [6.07, 6.45) is 1.42. The fourth-order valence-corrected chi connectivity index (χ4v) is 3.22. The smallest absolute Gasteiger partial charge is 0.287 e. The third-order valence-electron chi connectivity index (χ3n) is 4.51. The van der Waals surface area contributed by atoms with Crippen molar-refractivity contribution in [1.29, 1.82) is 0 Å². The van der Waals surface area contributed by atoms with Gasteiger partial charge in [0, 0.05) is 6.07 Å². The monoisotopic (exact) mass is 394 g/mol. The van der Waals surface area contributed by atoms with Crippen LogP contribution in [-0.4, -0.2) is 27.6 Å². The van der Waals surface area contributed by atoms with Crippen molar-refractivity contribution in [2.24, 2.45) is 5.92 Å². The third-order valence-corrected chi connectivity index (χ3v) is 4.51. The van der Waals surface area contributed by atoms with Crippen molar-refractivity contribution in [3.8, 4) is 5.69 Å². The standard InChI is InChI=1S/C22H26N4O3/c1-13(2)20(24-21(27)18-7-6-8-29-18)22(28)23-19-12-16(5)25-26(19)17-10-14(3)9-15(4)11-17/h6-13,20H,1-5H3,(H,23,28)(H,24,27). The number of nitrogens with one attached hydrogen (secondary N) is 2. The maximum Gasteiger partial charge on any atom is 0.287 e. The van der Waals surface area contributed by atoms with Gasteiger partial charge in [0.2, 0.25) is 5.91 Å². The summed E-state index contributed by atoms with van der Waals surface area (Å²) in [4.78, 5) is 25.3. The first-order valence-corrected chi connectivity index (χ1v) is 9.55. The summed E-state index contributed by atoms with van der Waals surface area (Å²) in [6, 6.07) is 10.4. The number of hydrogen-bond acceptors (Lipinski definition) is 4. The van der Waals surface area contributed by atoms with E-state index in [1.807, 2.05) is 46.8 Å². The quantitative estimate of drug-likeness (QED) is 0.666. The van der Waals surface area contributed by atoms with E-state index in [9.17, 15) is 9.59 Å². The molecule has 0 saturated carbocycles. The van der Waals surface area contributed by atoms with Crippen molar-refractivity contribution in [2.75, 3.05) is 5.32 Å². The number of hydrogen-bond donors (Lipinski definition) is 2. The number of furan rings is 1. The minimum atomic E-state index is -0.726. The number of amides is 2. The van der Waals surface area contributed by atoms with E-state index >= 15 is 0 Å². The Morgan fingerprint density at radius 1 is 1.07 bits per heavy atom. The molecular formula is C22H26N4O3. The van der Waals surface area contributed by atoms with E-state index in [4.69, 9.17) is 4.42 Å². The van der Waals surface area contributed by atoms with Crippen LogP contribution >= 0.6 is 0 Å². The molecule has 0 aliphatic heterocycles. The lowest BCUT2D eigenvalue weighted by Crippen LogP contribution is -2.47. The molecule has 2 N–H and O–H groups in total. The SMILES string of the molecule is Cc1cc(C)cc(-n2nc(C)cc2NC(=O)C(NC(=O)c2ccco2)C(C)C)c1. The van der Waals surface area contributed by atoms with Gasteiger partial charge in [-0.3, -0.25) is 9.59 Å². The van der Waals surface area contributed by atoms with E-state index in [1.54, 1.807) is 22.9 Å². The number of aromatic nitrogens is 2. The molecule has 2 heterocycles. The maximum absolute atomic E-state index is 13.0. The van der Waals surface area contributed by atoms with Crippen molar-refractivity contribution >= 4 is 17.6 Å². The Bertz CT molecular complexity index is 999. The van der Waals surface area contributed by atoms with Crippen molar-refractivity contribution in [2.45, 2.75) is 40.7 Å². The maximum atomic E-state index is 13.0. The van der Waals surface area contributed by atoms with E-state index in [0.29, 0.717) is 5.82 Å². The Morgan fingerprint density at radius 2 is 1.76 bits per heavy atom. The van der Waals surface area contributed by atoms with E-state index in [1.165, 1.54) is 6.26 Å². The molecule has 1 unspecified atom stereocenters. The summed E-state index contributed by atoms with van der Waals surface area (Å²) < 4.78 is 6.83. The van der Waals surface area contributed by atoms with Gasteiger partial charge in [-0.1, -0.05) is 19.9 Å². The van der Waals surface area contributed by atoms with Crippen LogP contribution in [0, 0.1) is 26.7 Å². The van der Waals surface area contributed by atoms with Gasteiger partial charge in [-0.05, 0) is 62.1 Å². The van der Waals surface area contributed by atoms with Crippen LogP contribution in [0.4, 0.5) is 5.82 Å². The molecule has 3 aromatic rings. The lowest BCUT2D eigenvalue weighted by atomic mass is 10.0. The van der Waals surface area contributed by atoms with Gasteiger partial charge in [-0.15, -0.1) is 0 Å². The third kappa shape index (κ3) is 4.74. The van der Waals surface area contributed by atoms with E-state index in [0.717, 1.165) is 22.5 Å². The molecule has 0 fully saturated rings. The number of anilines is 1. The molecule has 7 nitrogen and oxygen atoms in total. The second kappa shape index (κ2) is 8.34. The van der Waals surface area contributed by atoms with Gasteiger partial charge in [0.05, 0.1) is 17.6 Å². The second-order valence-electron chi connectivity index (χ2n) is 7.59. The van der Waals surface area contributed by atoms with Gasteiger partial charge in [0.25, 0.3) is 5.91 Å². The second-order valence-corrected chi connectivity index (χ2v) is 7.59. The lowest BCUT2D eigenvalue weighted by Gasteiger charge is -2.21. The molecule has 3 rings (SSSR count). The highest BCUT2D eigenvalue weighted by Gasteiger charge is 2.26. The van der Waals surface area contributed by atoms with E-state index in [2.05, 4.69) is 21.8 Å². The van der Waals surface area contributed by atoms with Crippen LogP contribution in [0.25, 0.3) is 5.69 Å². The van der Waals surface area contributed by atoms with Crippen LogP contribution in [0.1, 0.15) is 41.2 Å². The summed E-state index contributed by atoms with van der Waals surface area (Å²) in [5.41, 5.74) is 3.86. The zero-order valence-corrected chi connectivity index (χ0v) is 17.3. The van der Waals surface area contributed by atoms with Crippen LogP contribution in [0.2, 0.25) is 0 Å². The number of nitrogens with zero attached hydrogens (tertiary/aromatic N) is 2. The Kier molecular flexibility index (Phi) is 5.87. The van der Waals surface area contributed by atoms with Gasteiger partial charge in [0.15, 0.2) is 5.76 Å². The first kappa shape index (κ1) is 20.4. The molecule has 0 spiro atoms. The summed E-state index contributed by atoms with van der Waals surface area (Å²) in [5, 5.41) is 10.2. The summed E-state index contributed by atoms with van der Waals surface area (Å²) >= 11 is 0. The Balaban J connectivity index is 1.84. The average Bonchev–Trinajstić information content (AvgIpc) is 3.28. The van der Waals surface area contributed by atoms with Gasteiger partial charge in [-0.25, -0.2) is 4.68 Å².